The van der Waals surface area contributed by atoms with E-state index in [-0.39, 0.29) is 11.7 Å². The van der Waals surface area contributed by atoms with E-state index in [0.29, 0.717) is 5.82 Å². The minimum Gasteiger partial charge on any atom is -0.495 e. The van der Waals surface area contributed by atoms with Crippen LogP contribution in [-0.4, -0.2) is 42.3 Å². The van der Waals surface area contributed by atoms with Crippen molar-refractivity contribution in [2.75, 3.05) is 30.4 Å². The highest BCUT2D eigenvalue weighted by Crippen LogP contribution is 2.30. The number of pyridine rings is 1. The molecule has 2 aromatic rings. The van der Waals surface area contributed by atoms with Crippen LogP contribution in [0.15, 0.2) is 42.5 Å². The first kappa shape index (κ1) is 16.1. The van der Waals surface area contributed by atoms with Crippen molar-refractivity contribution in [1.82, 2.24) is 4.98 Å². The Hall–Kier alpha value is -2.76. The van der Waals surface area contributed by atoms with Crippen molar-refractivity contribution < 1.29 is 14.6 Å². The van der Waals surface area contributed by atoms with E-state index in [9.17, 15) is 4.79 Å². The van der Waals surface area contributed by atoms with Crippen LogP contribution in [0.3, 0.4) is 0 Å². The summed E-state index contributed by atoms with van der Waals surface area (Å²) in [5, 5.41) is 12.4. The van der Waals surface area contributed by atoms with Crippen LogP contribution < -0.4 is 15.0 Å². The molecule has 0 amide bonds. The van der Waals surface area contributed by atoms with Gasteiger partial charge in [-0.3, -0.25) is 0 Å². The van der Waals surface area contributed by atoms with Crippen LogP contribution in [0.2, 0.25) is 0 Å². The quantitative estimate of drug-likeness (QED) is 0.879. The number of aromatic nitrogens is 1. The molecular weight excluding hydrogens is 306 g/mol. The fraction of sp³-hybridized carbons (Fsp3) is 0.333. The Morgan fingerprint density at radius 1 is 1.21 bits per heavy atom. The molecule has 24 heavy (non-hydrogen) atoms. The predicted molar refractivity (Wildman–Crippen MR) is 93.0 cm³/mol. The first-order valence-electron chi connectivity index (χ1n) is 8.02. The number of benzene rings is 1. The molecule has 1 aromatic heterocycles. The van der Waals surface area contributed by atoms with Gasteiger partial charge in [0.2, 0.25) is 0 Å². The lowest BCUT2D eigenvalue weighted by Crippen LogP contribution is -2.39. The van der Waals surface area contributed by atoms with E-state index in [1.54, 1.807) is 19.2 Å². The van der Waals surface area contributed by atoms with Gasteiger partial charge < -0.3 is 20.1 Å². The zero-order valence-corrected chi connectivity index (χ0v) is 13.6. The van der Waals surface area contributed by atoms with E-state index in [1.807, 2.05) is 18.2 Å². The highest BCUT2D eigenvalue weighted by Gasteiger charge is 2.21. The summed E-state index contributed by atoms with van der Waals surface area (Å²) >= 11 is 0. The fourth-order valence-electron chi connectivity index (χ4n) is 3.00. The van der Waals surface area contributed by atoms with Gasteiger partial charge in [0.1, 0.15) is 11.6 Å². The molecular formula is C18H21N3O3. The van der Waals surface area contributed by atoms with Gasteiger partial charge in [-0.15, -0.1) is 0 Å². The maximum Gasteiger partial charge on any atom is 0.354 e. The Balaban J connectivity index is 1.61. The molecule has 0 atom stereocenters. The smallest absolute Gasteiger partial charge is 0.354 e. The van der Waals surface area contributed by atoms with E-state index in [0.717, 1.165) is 37.4 Å². The summed E-state index contributed by atoms with van der Waals surface area (Å²) in [4.78, 5) is 17.4. The van der Waals surface area contributed by atoms with Gasteiger partial charge in [-0.25, -0.2) is 9.78 Å². The van der Waals surface area contributed by atoms with Gasteiger partial charge in [-0.2, -0.15) is 0 Å². The van der Waals surface area contributed by atoms with Crippen molar-refractivity contribution in [1.29, 1.82) is 0 Å². The molecule has 126 valence electrons. The van der Waals surface area contributed by atoms with E-state index in [4.69, 9.17) is 9.84 Å². The normalized spacial score (nSPS) is 15.1. The van der Waals surface area contributed by atoms with Crippen LogP contribution in [0.4, 0.5) is 11.5 Å². The van der Waals surface area contributed by atoms with E-state index >= 15 is 0 Å². The monoisotopic (exact) mass is 327 g/mol. The van der Waals surface area contributed by atoms with Gasteiger partial charge in [0, 0.05) is 19.1 Å². The van der Waals surface area contributed by atoms with Crippen LogP contribution in [0, 0.1) is 0 Å². The van der Waals surface area contributed by atoms with Crippen molar-refractivity contribution in [3.05, 3.63) is 48.2 Å². The number of nitrogens with zero attached hydrogens (tertiary/aromatic N) is 2. The molecule has 6 nitrogen and oxygen atoms in total. The SMILES string of the molecule is COc1ccccc1N1CCC(Nc2cccc(C(=O)O)n2)CC1. The number of carbonyl (C=O) groups is 1. The molecule has 0 aliphatic carbocycles. The minimum atomic E-state index is -1.01. The third-order valence-corrected chi connectivity index (χ3v) is 4.24. The molecule has 3 rings (SSSR count). The maximum atomic E-state index is 11.0. The number of rotatable bonds is 5. The lowest BCUT2D eigenvalue weighted by molar-refractivity contribution is 0.0690. The summed E-state index contributed by atoms with van der Waals surface area (Å²) in [5.74, 6) is 0.495. The molecule has 1 aliphatic rings. The minimum absolute atomic E-state index is 0.0615. The molecule has 6 heteroatoms. The highest BCUT2D eigenvalue weighted by molar-refractivity contribution is 5.85. The summed E-state index contributed by atoms with van der Waals surface area (Å²) in [6, 6.07) is 13.3. The molecule has 0 spiro atoms. The molecule has 1 aliphatic heterocycles. The number of ether oxygens (including phenoxy) is 1. The number of piperidine rings is 1. The molecule has 2 N–H and O–H groups in total. The first-order chi connectivity index (χ1) is 11.7. The summed E-state index contributed by atoms with van der Waals surface area (Å²) in [6.07, 6.45) is 1.91. The molecule has 1 saturated heterocycles. The van der Waals surface area contributed by atoms with E-state index < -0.39 is 5.97 Å². The van der Waals surface area contributed by atoms with Crippen LogP contribution in [0.25, 0.3) is 0 Å². The largest absolute Gasteiger partial charge is 0.495 e. The van der Waals surface area contributed by atoms with E-state index in [2.05, 4.69) is 21.3 Å². The number of hydrogen-bond acceptors (Lipinski definition) is 5. The van der Waals surface area contributed by atoms with Crippen LogP contribution >= 0.6 is 0 Å². The average Bonchev–Trinajstić information content (AvgIpc) is 2.62. The predicted octanol–water partition coefficient (Wildman–Crippen LogP) is 2.87. The summed E-state index contributed by atoms with van der Waals surface area (Å²) < 4.78 is 5.43. The van der Waals surface area contributed by atoms with Crippen molar-refractivity contribution in [2.45, 2.75) is 18.9 Å². The van der Waals surface area contributed by atoms with E-state index in [1.165, 1.54) is 6.07 Å². The van der Waals surface area contributed by atoms with Crippen molar-refractivity contribution in [3.63, 3.8) is 0 Å². The van der Waals surface area contributed by atoms with Gasteiger partial charge in [0.25, 0.3) is 0 Å². The number of carboxylic acid groups (broad SMARTS) is 1. The fourth-order valence-corrected chi connectivity index (χ4v) is 3.00. The topological polar surface area (TPSA) is 74.7 Å². The third kappa shape index (κ3) is 3.59. The summed E-state index contributed by atoms with van der Waals surface area (Å²) in [7, 11) is 1.69. The second-order valence-electron chi connectivity index (χ2n) is 5.79. The Bertz CT molecular complexity index is 712. The lowest BCUT2D eigenvalue weighted by atomic mass is 10.0. The van der Waals surface area contributed by atoms with Gasteiger partial charge in [-0.1, -0.05) is 18.2 Å². The number of para-hydroxylation sites is 2. The molecule has 1 aromatic carbocycles. The van der Waals surface area contributed by atoms with Gasteiger partial charge in [0.05, 0.1) is 12.8 Å². The van der Waals surface area contributed by atoms with Crippen molar-refractivity contribution in [3.8, 4) is 5.75 Å². The zero-order valence-electron chi connectivity index (χ0n) is 13.6. The molecule has 1 fully saturated rings. The van der Waals surface area contributed by atoms with Gasteiger partial charge in [-0.05, 0) is 37.1 Å². The molecule has 0 saturated carbocycles. The van der Waals surface area contributed by atoms with Crippen molar-refractivity contribution >= 4 is 17.5 Å². The number of aromatic carboxylic acids is 1. The summed E-state index contributed by atoms with van der Waals surface area (Å²) in [5.41, 5.74) is 1.18. The third-order valence-electron chi connectivity index (χ3n) is 4.24. The Morgan fingerprint density at radius 3 is 2.67 bits per heavy atom. The van der Waals surface area contributed by atoms with Crippen LogP contribution in [0.5, 0.6) is 5.75 Å². The first-order valence-corrected chi connectivity index (χ1v) is 8.02. The second kappa shape index (κ2) is 7.21. The number of nitrogens with one attached hydrogen (secondary N) is 1. The van der Waals surface area contributed by atoms with Crippen LogP contribution in [-0.2, 0) is 0 Å². The average molecular weight is 327 g/mol. The molecule has 0 bridgehead atoms. The van der Waals surface area contributed by atoms with Crippen LogP contribution in [0.1, 0.15) is 23.3 Å². The second-order valence-corrected chi connectivity index (χ2v) is 5.79. The van der Waals surface area contributed by atoms with Gasteiger partial charge in [0.15, 0.2) is 5.69 Å². The van der Waals surface area contributed by atoms with Crippen molar-refractivity contribution in [2.24, 2.45) is 0 Å². The Morgan fingerprint density at radius 2 is 1.96 bits per heavy atom. The lowest BCUT2D eigenvalue weighted by Gasteiger charge is -2.34. The number of carboxylic acids is 1. The Kier molecular flexibility index (Phi) is 4.84. The Labute approximate surface area is 141 Å². The maximum absolute atomic E-state index is 11.0. The molecule has 0 unspecified atom stereocenters. The zero-order chi connectivity index (χ0) is 16.9. The number of hydrogen-bond donors (Lipinski definition) is 2. The molecule has 2 heterocycles. The number of methoxy groups -OCH3 is 1. The van der Waals surface area contributed by atoms with Gasteiger partial charge >= 0.3 is 5.97 Å². The summed E-state index contributed by atoms with van der Waals surface area (Å²) in [6.45, 7) is 1.83. The number of anilines is 2. The highest BCUT2D eigenvalue weighted by atomic mass is 16.5. The molecule has 0 radical (unpaired) electrons. The standard InChI is InChI=1S/C18H21N3O3/c1-24-16-7-3-2-6-15(16)21-11-9-13(10-12-21)19-17-8-4-5-14(20-17)18(22)23/h2-8,13H,9-12H2,1H3,(H,19,20)(H,22,23).